The minimum absolute atomic E-state index is 0.194. The number of aldehydes is 2. The van der Waals surface area contributed by atoms with E-state index in [9.17, 15) is 0 Å². The van der Waals surface area contributed by atoms with Gasteiger partial charge >= 0.3 is 0 Å². The molecule has 0 radical (unpaired) electrons. The van der Waals surface area contributed by atoms with Crippen LogP contribution in [0.3, 0.4) is 0 Å². The average molecular weight is 981 g/mol. The predicted molar refractivity (Wildman–Crippen MR) is 282 cm³/mol. The molecular weight excluding hydrogens is 945 g/mol. The van der Waals surface area contributed by atoms with Gasteiger partial charge in [-0.25, -0.2) is 0 Å². The highest BCUT2D eigenvalue weighted by atomic mass is 32.1. The van der Waals surface area contributed by atoms with Gasteiger partial charge < -0.3 is 0 Å². The van der Waals surface area contributed by atoms with Gasteiger partial charge in [-0.05, 0) is 121 Å². The second-order valence-electron chi connectivity index (χ2n) is 13.8. The molecule has 0 aromatic carbocycles. The van der Waals surface area contributed by atoms with Gasteiger partial charge in [0.15, 0.2) is 12.6 Å². The van der Waals surface area contributed by atoms with Gasteiger partial charge in [0.05, 0.1) is 0 Å². The number of allylic oxidation sites excluding steroid dienone is 9. The Morgan fingerprint density at radius 1 is 0.444 bits per heavy atom. The lowest BCUT2D eigenvalue weighted by Gasteiger charge is -2.07. The van der Waals surface area contributed by atoms with Crippen LogP contribution in [0.15, 0.2) is 193 Å². The lowest BCUT2D eigenvalue weighted by atomic mass is 9.98. The fraction of sp³-hybridized carbons (Fsp3) is 0.0385. The van der Waals surface area contributed by atoms with Crippen molar-refractivity contribution in [1.82, 2.24) is 0 Å². The number of hydrogen-bond acceptors (Lipinski definition) is 11. The summed E-state index contributed by atoms with van der Waals surface area (Å²) in [5, 5.41) is 19.4. The fourth-order valence-electron chi connectivity index (χ4n) is 7.54. The zero-order chi connectivity index (χ0) is 42.8. The predicted octanol–water partition coefficient (Wildman–Crippen LogP) is 17.1. The van der Waals surface area contributed by atoms with Crippen molar-refractivity contribution in [3.8, 4) is 0 Å². The van der Waals surface area contributed by atoms with Crippen molar-refractivity contribution in [3.63, 3.8) is 0 Å². The average Bonchev–Trinajstić information content (AvgIpc) is 4.15. The van der Waals surface area contributed by atoms with Crippen LogP contribution in [0, 0.1) is 0 Å². The SMILES string of the molecule is C(C=C(c1cccs1)c1cccs1)=C(c1cccs1)c1cccs1.C1=CC2=C(C1)C(c1cccs1)=C1C2=C(c2cccs2)c2sccc21.O=CC=O.c1csc(Cc2cccs2)c1. The van der Waals surface area contributed by atoms with Gasteiger partial charge in [0.1, 0.15) is 0 Å². The maximum atomic E-state index is 8.81. The molecule has 0 amide bonds. The molecule has 3 aliphatic rings. The van der Waals surface area contributed by atoms with Gasteiger partial charge in [0, 0.05) is 89.3 Å². The van der Waals surface area contributed by atoms with E-state index in [0.717, 1.165) is 12.8 Å². The molecule has 0 aliphatic heterocycles. The Hall–Kier alpha value is -4.92. The van der Waals surface area contributed by atoms with E-state index in [-0.39, 0.29) is 12.6 Å². The van der Waals surface area contributed by atoms with Gasteiger partial charge in [-0.3, -0.25) is 9.59 Å². The van der Waals surface area contributed by atoms with Crippen molar-refractivity contribution in [2.24, 2.45) is 0 Å². The summed E-state index contributed by atoms with van der Waals surface area (Å²) in [5.74, 6) is 0. The van der Waals surface area contributed by atoms with E-state index in [1.165, 1.54) is 94.0 Å². The number of carbonyl (C=O) groups is 2. The first-order valence-corrected chi connectivity index (χ1v) is 27.7. The number of fused-ring (bicyclic) bond motifs is 4. The summed E-state index contributed by atoms with van der Waals surface area (Å²) >= 11 is 16.4. The molecule has 11 heteroatoms. The molecule has 0 bridgehead atoms. The van der Waals surface area contributed by atoms with Crippen molar-refractivity contribution in [3.05, 3.63) is 242 Å². The van der Waals surface area contributed by atoms with Crippen LogP contribution in [-0.2, 0) is 16.0 Å². The van der Waals surface area contributed by atoms with Gasteiger partial charge in [0.2, 0.25) is 0 Å². The molecular formula is C52H36O2S9. The molecule has 0 saturated heterocycles. The Morgan fingerprint density at radius 2 is 0.905 bits per heavy atom. The largest absolute Gasteiger partial charge is 0.295 e. The van der Waals surface area contributed by atoms with Crippen LogP contribution in [0.2, 0.25) is 0 Å². The highest BCUT2D eigenvalue weighted by molar-refractivity contribution is 7.15. The third kappa shape index (κ3) is 9.78. The van der Waals surface area contributed by atoms with Gasteiger partial charge in [-0.2, -0.15) is 0 Å². The Kier molecular flexibility index (Phi) is 14.6. The second kappa shape index (κ2) is 21.2. The van der Waals surface area contributed by atoms with Crippen molar-refractivity contribution in [2.45, 2.75) is 12.8 Å². The molecule has 9 heterocycles. The summed E-state index contributed by atoms with van der Waals surface area (Å²) in [6, 6.07) is 37.0. The highest BCUT2D eigenvalue weighted by Crippen LogP contribution is 2.60. The van der Waals surface area contributed by atoms with Crippen LogP contribution < -0.4 is 0 Å². The monoisotopic (exact) mass is 980 g/mol. The van der Waals surface area contributed by atoms with Crippen molar-refractivity contribution >= 4 is 142 Å². The summed E-state index contributed by atoms with van der Waals surface area (Å²) in [4.78, 5) is 30.0. The number of rotatable bonds is 10. The van der Waals surface area contributed by atoms with Crippen LogP contribution in [0.5, 0.6) is 0 Å². The minimum atomic E-state index is 0.194. The summed E-state index contributed by atoms with van der Waals surface area (Å²) in [7, 11) is 0. The van der Waals surface area contributed by atoms with E-state index in [4.69, 9.17) is 9.59 Å². The van der Waals surface area contributed by atoms with Crippen LogP contribution in [-0.4, -0.2) is 12.6 Å². The molecule has 310 valence electrons. The fourth-order valence-corrected chi connectivity index (χ4v) is 14.9. The quantitative estimate of drug-likeness (QED) is 0.0777. The van der Waals surface area contributed by atoms with Crippen LogP contribution >= 0.6 is 102 Å². The molecule has 0 spiro atoms. The second-order valence-corrected chi connectivity index (χ2v) is 22.5. The first-order valence-electron chi connectivity index (χ1n) is 19.8. The smallest absolute Gasteiger partial charge is 0.182 e. The maximum absolute atomic E-state index is 8.81. The summed E-state index contributed by atoms with van der Waals surface area (Å²) in [5.41, 5.74) is 12.9. The summed E-state index contributed by atoms with van der Waals surface area (Å²) in [6.45, 7) is 0. The first kappa shape index (κ1) is 43.3. The van der Waals surface area contributed by atoms with Gasteiger partial charge in [-0.15, -0.1) is 102 Å². The third-order valence-corrected chi connectivity index (χ3v) is 18.1. The molecule has 3 aliphatic carbocycles. The van der Waals surface area contributed by atoms with E-state index in [2.05, 4.69) is 176 Å². The van der Waals surface area contributed by atoms with Crippen LogP contribution in [0.1, 0.15) is 55.9 Å². The Morgan fingerprint density at radius 3 is 1.33 bits per heavy atom. The van der Waals surface area contributed by atoms with Gasteiger partial charge in [0.25, 0.3) is 0 Å². The Labute approximate surface area is 403 Å². The molecule has 0 atom stereocenters. The molecule has 63 heavy (non-hydrogen) atoms. The Bertz CT molecular complexity index is 2840. The normalized spacial score (nSPS) is 13.0. The standard InChI is InChI=1S/C21H12S3.C20H14S4.C9H8S2.C2H2O2/c1-4-12-13(5-1)18-19(17(12)15-6-2-9-22-15)14-8-11-24-21(14)20(18)16-7-3-10-23-16;1-5-17(21-11-1)15(18-6-2-12-22-18)9-10-16(19-7-3-13-23-19)20-8-4-14-24-20;1-3-8(10-5-1)7-9-4-2-6-11-9;3-1-2-4/h1-3,5-11H,4H2;1-14H;1-6H,7H2;1-2H. The lowest BCUT2D eigenvalue weighted by molar-refractivity contribution is -0.122. The topological polar surface area (TPSA) is 34.1 Å². The maximum Gasteiger partial charge on any atom is 0.182 e. The molecule has 0 unspecified atom stereocenters. The Balaban J connectivity index is 0.000000122. The zero-order valence-corrected chi connectivity index (χ0v) is 40.7. The van der Waals surface area contributed by atoms with Crippen molar-refractivity contribution in [1.29, 1.82) is 0 Å². The minimum Gasteiger partial charge on any atom is -0.295 e. The third-order valence-electron chi connectivity index (χ3n) is 10.1. The van der Waals surface area contributed by atoms with E-state index < -0.39 is 0 Å². The molecule has 9 aromatic rings. The zero-order valence-electron chi connectivity index (χ0n) is 33.4. The van der Waals surface area contributed by atoms with Crippen molar-refractivity contribution < 1.29 is 9.59 Å². The molecule has 12 rings (SSSR count). The van der Waals surface area contributed by atoms with Crippen LogP contribution in [0.4, 0.5) is 0 Å². The summed E-state index contributed by atoms with van der Waals surface area (Å²) in [6.07, 6.45) is 11.8. The van der Waals surface area contributed by atoms with Crippen LogP contribution in [0.25, 0.3) is 27.9 Å². The molecule has 0 saturated carbocycles. The molecule has 9 aromatic heterocycles. The summed E-state index contributed by atoms with van der Waals surface area (Å²) < 4.78 is 0. The van der Waals surface area contributed by atoms with Crippen molar-refractivity contribution in [2.75, 3.05) is 0 Å². The number of carbonyl (C=O) groups excluding carboxylic acids is 2. The number of hydrogen-bond donors (Lipinski definition) is 0. The molecule has 0 fully saturated rings. The van der Waals surface area contributed by atoms with Gasteiger partial charge in [-0.1, -0.05) is 72.8 Å². The van der Waals surface area contributed by atoms with E-state index >= 15 is 0 Å². The first-order chi connectivity index (χ1) is 31.2. The lowest BCUT2D eigenvalue weighted by Crippen LogP contribution is -1.86. The molecule has 0 N–H and O–H groups in total. The van der Waals surface area contributed by atoms with E-state index in [1.807, 2.05) is 56.7 Å². The molecule has 2 nitrogen and oxygen atoms in total. The van der Waals surface area contributed by atoms with E-state index in [0.29, 0.717) is 0 Å². The highest BCUT2D eigenvalue weighted by Gasteiger charge is 2.40. The van der Waals surface area contributed by atoms with E-state index in [1.54, 1.807) is 45.3 Å². The number of thiophene rings is 9.